The molecule has 3 rings (SSSR count). The number of rotatable bonds is 5. The van der Waals surface area contributed by atoms with Gasteiger partial charge >= 0.3 is 0 Å². The van der Waals surface area contributed by atoms with Crippen LogP contribution in [-0.2, 0) is 0 Å². The highest BCUT2D eigenvalue weighted by Gasteiger charge is 2.18. The van der Waals surface area contributed by atoms with Gasteiger partial charge in [-0.3, -0.25) is 14.8 Å². The average molecular weight is 394 g/mol. The van der Waals surface area contributed by atoms with Crippen LogP contribution in [0.4, 0.5) is 10.2 Å². The van der Waals surface area contributed by atoms with Crippen molar-refractivity contribution in [3.8, 4) is 11.5 Å². The van der Waals surface area contributed by atoms with Crippen molar-refractivity contribution in [3.05, 3.63) is 71.2 Å². The standard InChI is InChI=1S/C20H19FN6O2/c1-11-17(19(22)27-10-26-11)18(23-2)14-5-4-12(8-15(14)21)29-13-6-7-25-16(9-13)20(28)24-3/h4-10H,1-3H3,(H,24,28)(H2,22,26,27). The molecular weight excluding hydrogens is 375 g/mol. The first kappa shape index (κ1) is 19.9. The third-order valence-electron chi connectivity index (χ3n) is 4.15. The van der Waals surface area contributed by atoms with Gasteiger partial charge in [0, 0.05) is 38.0 Å². The number of nitrogen functional groups attached to an aromatic ring is 1. The summed E-state index contributed by atoms with van der Waals surface area (Å²) in [6.45, 7) is 1.75. The highest BCUT2D eigenvalue weighted by atomic mass is 19.1. The van der Waals surface area contributed by atoms with Crippen LogP contribution < -0.4 is 15.8 Å². The zero-order valence-electron chi connectivity index (χ0n) is 16.1. The summed E-state index contributed by atoms with van der Waals surface area (Å²) >= 11 is 0. The Balaban J connectivity index is 1.92. The molecule has 2 aromatic heterocycles. The Morgan fingerprint density at radius 1 is 1.17 bits per heavy atom. The van der Waals surface area contributed by atoms with E-state index in [1.54, 1.807) is 32.2 Å². The molecule has 0 fully saturated rings. The second kappa shape index (κ2) is 8.42. The molecule has 29 heavy (non-hydrogen) atoms. The van der Waals surface area contributed by atoms with E-state index < -0.39 is 5.82 Å². The predicted molar refractivity (Wildman–Crippen MR) is 107 cm³/mol. The van der Waals surface area contributed by atoms with Crippen LogP contribution in [-0.4, -0.2) is 40.7 Å². The number of hydrogen-bond acceptors (Lipinski definition) is 7. The molecule has 8 nitrogen and oxygen atoms in total. The van der Waals surface area contributed by atoms with Gasteiger partial charge in [0.1, 0.15) is 35.2 Å². The predicted octanol–water partition coefficient (Wildman–Crippen LogP) is 2.52. The molecule has 0 aliphatic carbocycles. The number of aliphatic imine (C=N–C) groups is 1. The molecule has 1 aromatic carbocycles. The minimum absolute atomic E-state index is 0.192. The number of benzene rings is 1. The van der Waals surface area contributed by atoms with E-state index >= 15 is 0 Å². The molecule has 9 heteroatoms. The summed E-state index contributed by atoms with van der Waals surface area (Å²) in [7, 11) is 3.05. The van der Waals surface area contributed by atoms with E-state index in [4.69, 9.17) is 10.5 Å². The maximum Gasteiger partial charge on any atom is 0.269 e. The monoisotopic (exact) mass is 394 g/mol. The Morgan fingerprint density at radius 2 is 1.93 bits per heavy atom. The van der Waals surface area contributed by atoms with E-state index in [0.717, 1.165) is 0 Å². The number of amides is 1. The smallest absolute Gasteiger partial charge is 0.269 e. The number of nitrogens with two attached hydrogens (primary N) is 1. The summed E-state index contributed by atoms with van der Waals surface area (Å²) in [5, 5.41) is 2.48. The Bertz CT molecular complexity index is 1080. The molecule has 0 unspecified atom stereocenters. The summed E-state index contributed by atoms with van der Waals surface area (Å²) in [6.07, 6.45) is 2.78. The Hall–Kier alpha value is -3.88. The van der Waals surface area contributed by atoms with Gasteiger partial charge in [-0.15, -0.1) is 0 Å². The second-order valence-corrected chi connectivity index (χ2v) is 5.99. The van der Waals surface area contributed by atoms with Crippen LogP contribution in [0.25, 0.3) is 0 Å². The minimum atomic E-state index is -0.550. The van der Waals surface area contributed by atoms with Crippen LogP contribution in [0.2, 0.25) is 0 Å². The first-order chi connectivity index (χ1) is 13.9. The van der Waals surface area contributed by atoms with E-state index in [1.165, 1.54) is 31.7 Å². The maximum atomic E-state index is 14.9. The van der Waals surface area contributed by atoms with E-state index in [2.05, 4.69) is 25.3 Å². The minimum Gasteiger partial charge on any atom is -0.457 e. The van der Waals surface area contributed by atoms with Crippen molar-refractivity contribution in [2.24, 2.45) is 4.99 Å². The zero-order valence-corrected chi connectivity index (χ0v) is 16.1. The topological polar surface area (TPSA) is 115 Å². The van der Waals surface area contributed by atoms with Crippen molar-refractivity contribution in [1.29, 1.82) is 0 Å². The summed E-state index contributed by atoms with van der Waals surface area (Å²) in [5.41, 5.74) is 7.80. The Labute approximate surface area is 166 Å². The lowest BCUT2D eigenvalue weighted by Crippen LogP contribution is -2.18. The number of carbonyl (C=O) groups is 1. The van der Waals surface area contributed by atoms with Gasteiger partial charge in [-0.05, 0) is 25.1 Å². The van der Waals surface area contributed by atoms with Crippen LogP contribution in [0.15, 0.2) is 47.8 Å². The molecule has 0 saturated heterocycles. The van der Waals surface area contributed by atoms with Gasteiger partial charge in [0.2, 0.25) is 0 Å². The molecule has 3 N–H and O–H groups in total. The third kappa shape index (κ3) is 4.18. The number of pyridine rings is 1. The molecule has 1 amide bonds. The average Bonchev–Trinajstić information content (AvgIpc) is 2.71. The molecule has 0 atom stereocenters. The molecule has 2 heterocycles. The third-order valence-corrected chi connectivity index (χ3v) is 4.15. The highest BCUT2D eigenvalue weighted by Crippen LogP contribution is 2.26. The molecule has 0 aliphatic heterocycles. The van der Waals surface area contributed by atoms with E-state index in [0.29, 0.717) is 22.7 Å². The second-order valence-electron chi connectivity index (χ2n) is 5.99. The van der Waals surface area contributed by atoms with E-state index in [9.17, 15) is 9.18 Å². The van der Waals surface area contributed by atoms with Crippen molar-refractivity contribution >= 4 is 17.4 Å². The van der Waals surface area contributed by atoms with Gasteiger partial charge in [0.05, 0.1) is 17.0 Å². The summed E-state index contributed by atoms with van der Waals surface area (Å²) in [5.74, 6) is -0.0714. The van der Waals surface area contributed by atoms with Crippen molar-refractivity contribution in [3.63, 3.8) is 0 Å². The van der Waals surface area contributed by atoms with Crippen LogP contribution in [0.3, 0.4) is 0 Å². The van der Waals surface area contributed by atoms with Crippen LogP contribution in [0.1, 0.15) is 27.3 Å². The number of nitrogens with zero attached hydrogens (tertiary/aromatic N) is 4. The van der Waals surface area contributed by atoms with Crippen molar-refractivity contribution in [2.45, 2.75) is 6.92 Å². The van der Waals surface area contributed by atoms with Gasteiger partial charge in [-0.25, -0.2) is 14.4 Å². The number of halogens is 1. The van der Waals surface area contributed by atoms with Gasteiger partial charge in [-0.1, -0.05) is 0 Å². The Morgan fingerprint density at radius 3 is 2.59 bits per heavy atom. The normalized spacial score (nSPS) is 11.2. The van der Waals surface area contributed by atoms with Crippen LogP contribution in [0, 0.1) is 12.7 Å². The molecule has 148 valence electrons. The van der Waals surface area contributed by atoms with E-state index in [1.807, 2.05) is 0 Å². The summed E-state index contributed by atoms with van der Waals surface area (Å²) < 4.78 is 20.5. The first-order valence-corrected chi connectivity index (χ1v) is 8.64. The van der Waals surface area contributed by atoms with Crippen LogP contribution >= 0.6 is 0 Å². The first-order valence-electron chi connectivity index (χ1n) is 8.64. The fourth-order valence-electron chi connectivity index (χ4n) is 2.77. The molecule has 0 radical (unpaired) electrons. The summed E-state index contributed by atoms with van der Waals surface area (Å²) in [6, 6.07) is 7.41. The summed E-state index contributed by atoms with van der Waals surface area (Å²) in [4.78, 5) is 27.9. The fraction of sp³-hybridized carbons (Fsp3) is 0.150. The number of aryl methyl sites for hydroxylation is 1. The largest absolute Gasteiger partial charge is 0.457 e. The van der Waals surface area contributed by atoms with Crippen LogP contribution in [0.5, 0.6) is 11.5 Å². The fourth-order valence-corrected chi connectivity index (χ4v) is 2.77. The molecule has 0 saturated carbocycles. The molecule has 0 spiro atoms. The van der Waals surface area contributed by atoms with Gasteiger partial charge < -0.3 is 15.8 Å². The highest BCUT2D eigenvalue weighted by molar-refractivity contribution is 6.16. The lowest BCUT2D eigenvalue weighted by Gasteiger charge is -2.13. The Kier molecular flexibility index (Phi) is 5.77. The zero-order chi connectivity index (χ0) is 21.0. The quantitative estimate of drug-likeness (QED) is 0.643. The number of aromatic nitrogens is 3. The number of nitrogens with one attached hydrogen (secondary N) is 1. The van der Waals surface area contributed by atoms with Crippen molar-refractivity contribution in [2.75, 3.05) is 19.8 Å². The van der Waals surface area contributed by atoms with Gasteiger partial charge in [0.25, 0.3) is 5.91 Å². The lowest BCUT2D eigenvalue weighted by atomic mass is 10.0. The number of anilines is 1. The van der Waals surface area contributed by atoms with Crippen molar-refractivity contribution in [1.82, 2.24) is 20.3 Å². The lowest BCUT2D eigenvalue weighted by molar-refractivity contribution is 0.0958. The van der Waals surface area contributed by atoms with E-state index in [-0.39, 0.29) is 28.7 Å². The molecule has 0 bridgehead atoms. The van der Waals surface area contributed by atoms with Gasteiger partial charge in [0.15, 0.2) is 0 Å². The molecule has 0 aliphatic rings. The van der Waals surface area contributed by atoms with Crippen molar-refractivity contribution < 1.29 is 13.9 Å². The maximum absolute atomic E-state index is 14.9. The number of hydrogen-bond donors (Lipinski definition) is 2. The van der Waals surface area contributed by atoms with Gasteiger partial charge in [-0.2, -0.15) is 0 Å². The molecule has 3 aromatic rings. The number of carbonyl (C=O) groups excluding carboxylic acids is 1. The molecular formula is C20H19FN6O2. The SMILES string of the molecule is CN=C(c1ccc(Oc2ccnc(C(=O)NC)c2)cc1F)c1c(C)ncnc1N. The number of ether oxygens (including phenoxy) is 1.